The van der Waals surface area contributed by atoms with E-state index in [0.29, 0.717) is 41.8 Å². The Balaban J connectivity index is 0.00000357. The highest BCUT2D eigenvalue weighted by Gasteiger charge is 2.28. The number of benzene rings is 2. The number of thiophene rings is 1. The Hall–Kier alpha value is -4.85. The van der Waals surface area contributed by atoms with E-state index in [2.05, 4.69) is 20.2 Å². The number of nitrogen functional groups attached to an aromatic ring is 1. The van der Waals surface area contributed by atoms with Gasteiger partial charge in [0.05, 0.1) is 17.3 Å². The first-order chi connectivity index (χ1) is 21.3. The molecule has 2 aromatic carbocycles. The smallest absolute Gasteiger partial charge is 0.343 e. The van der Waals surface area contributed by atoms with Crippen LogP contribution in [0.4, 0.5) is 10.2 Å². The SMILES string of the molecule is CC(c1oc(=O)c2ccccc2c1-c1ccc(CN2CCNC(=O)C2)s1)n1nc(-c2cc(O)cc(F)c2)c2c(N)ncnc21.Cl. The van der Waals surface area contributed by atoms with Gasteiger partial charge in [-0.1, -0.05) is 18.2 Å². The monoisotopic (exact) mass is 647 g/mol. The third-order valence-electron chi connectivity index (χ3n) is 7.69. The van der Waals surface area contributed by atoms with Gasteiger partial charge in [-0.05, 0) is 37.3 Å². The number of carbonyl (C=O) groups excluding carboxylic acids is 1. The van der Waals surface area contributed by atoms with Gasteiger partial charge in [0.15, 0.2) is 5.65 Å². The topological polar surface area (TPSA) is 152 Å². The van der Waals surface area contributed by atoms with Gasteiger partial charge in [0.25, 0.3) is 0 Å². The number of halogens is 2. The zero-order chi connectivity index (χ0) is 30.5. The second-order valence-electron chi connectivity index (χ2n) is 10.6. The zero-order valence-corrected chi connectivity index (χ0v) is 25.5. The predicted octanol–water partition coefficient (Wildman–Crippen LogP) is 4.72. The largest absolute Gasteiger partial charge is 0.508 e. The number of carbonyl (C=O) groups is 1. The summed E-state index contributed by atoms with van der Waals surface area (Å²) in [4.78, 5) is 37.8. The minimum atomic E-state index is -0.675. The summed E-state index contributed by atoms with van der Waals surface area (Å²) in [5.41, 5.74) is 7.41. The molecule has 0 radical (unpaired) electrons. The lowest BCUT2D eigenvalue weighted by atomic mass is 10.0. The van der Waals surface area contributed by atoms with E-state index in [1.165, 1.54) is 18.5 Å². The van der Waals surface area contributed by atoms with Gasteiger partial charge in [-0.25, -0.2) is 23.8 Å². The molecule has 0 saturated carbocycles. The fraction of sp³-hybridized carbons (Fsp3) is 0.194. The molecule has 230 valence electrons. The van der Waals surface area contributed by atoms with E-state index in [4.69, 9.17) is 15.2 Å². The first-order valence-corrected chi connectivity index (χ1v) is 14.7. The van der Waals surface area contributed by atoms with E-state index in [9.17, 15) is 19.1 Å². The van der Waals surface area contributed by atoms with Gasteiger partial charge in [0, 0.05) is 52.0 Å². The molecule has 14 heteroatoms. The van der Waals surface area contributed by atoms with E-state index >= 15 is 0 Å². The summed E-state index contributed by atoms with van der Waals surface area (Å²) in [6, 6.07) is 14.2. The lowest BCUT2D eigenvalue weighted by Crippen LogP contribution is -2.46. The summed E-state index contributed by atoms with van der Waals surface area (Å²) in [5, 5.41) is 19.2. The number of hydrogen-bond donors (Lipinski definition) is 3. The number of rotatable bonds is 6. The van der Waals surface area contributed by atoms with Crippen molar-refractivity contribution in [1.29, 1.82) is 0 Å². The van der Waals surface area contributed by atoms with Gasteiger partial charge >= 0.3 is 5.63 Å². The highest BCUT2D eigenvalue weighted by Crippen LogP contribution is 2.41. The van der Waals surface area contributed by atoms with E-state index in [1.54, 1.807) is 28.2 Å². The second-order valence-corrected chi connectivity index (χ2v) is 11.8. The van der Waals surface area contributed by atoms with Crippen molar-refractivity contribution in [3.63, 3.8) is 0 Å². The van der Waals surface area contributed by atoms with Crippen LogP contribution in [-0.4, -0.2) is 55.3 Å². The Morgan fingerprint density at radius 3 is 2.71 bits per heavy atom. The maximum absolute atomic E-state index is 14.3. The lowest BCUT2D eigenvalue weighted by molar-refractivity contribution is -0.124. The molecular formula is C31H27ClFN7O4S. The third kappa shape index (κ3) is 5.50. The summed E-state index contributed by atoms with van der Waals surface area (Å²) in [5.74, 6) is -0.430. The van der Waals surface area contributed by atoms with Crippen molar-refractivity contribution in [2.24, 2.45) is 0 Å². The molecule has 1 saturated heterocycles. The van der Waals surface area contributed by atoms with Crippen LogP contribution in [-0.2, 0) is 11.3 Å². The number of fused-ring (bicyclic) bond motifs is 2. The van der Waals surface area contributed by atoms with Crippen LogP contribution in [0.2, 0.25) is 0 Å². The van der Waals surface area contributed by atoms with Gasteiger partial charge in [-0.2, -0.15) is 5.10 Å². The van der Waals surface area contributed by atoms with Crippen LogP contribution in [0.5, 0.6) is 5.75 Å². The van der Waals surface area contributed by atoms with Crippen LogP contribution >= 0.6 is 23.7 Å². The maximum Gasteiger partial charge on any atom is 0.343 e. The molecule has 1 amide bonds. The molecule has 4 N–H and O–H groups in total. The minimum Gasteiger partial charge on any atom is -0.508 e. The quantitative estimate of drug-likeness (QED) is 0.233. The summed E-state index contributed by atoms with van der Waals surface area (Å²) >= 11 is 1.56. The van der Waals surface area contributed by atoms with Crippen LogP contribution in [0.25, 0.3) is 43.5 Å². The first-order valence-electron chi connectivity index (χ1n) is 13.9. The highest BCUT2D eigenvalue weighted by molar-refractivity contribution is 7.15. The van der Waals surface area contributed by atoms with E-state index in [0.717, 1.165) is 33.3 Å². The van der Waals surface area contributed by atoms with Gasteiger partial charge in [0.1, 0.15) is 41.2 Å². The number of phenols is 1. The maximum atomic E-state index is 14.3. The summed E-state index contributed by atoms with van der Waals surface area (Å²) < 4.78 is 21.9. The Morgan fingerprint density at radius 1 is 1.13 bits per heavy atom. The standard InChI is InChI=1S/C31H26FN7O4S.ClH/c1-16(39-30-26(29(33)35-15-36-30)27(37-39)17-10-18(32)12-19(40)11-17)28-25(21-4-2-3-5-22(21)31(42)43-28)23-7-6-20(44-23)13-38-9-8-34-24(41)14-38;/h2-7,10-12,15-16,40H,8-9,13-14H2,1H3,(H,34,41)(H2,33,35,36);1H. The summed E-state index contributed by atoms with van der Waals surface area (Å²) in [6.45, 7) is 4.14. The van der Waals surface area contributed by atoms with Crippen molar-refractivity contribution in [1.82, 2.24) is 30.0 Å². The molecule has 1 atom stereocenters. The number of anilines is 1. The fourth-order valence-corrected chi connectivity index (χ4v) is 6.81. The number of nitrogens with one attached hydrogen (secondary N) is 1. The third-order valence-corrected chi connectivity index (χ3v) is 8.78. The molecule has 1 aliphatic heterocycles. The number of aromatic nitrogens is 4. The number of nitrogens with two attached hydrogens (primary N) is 1. The molecule has 6 aromatic rings. The van der Waals surface area contributed by atoms with E-state index in [-0.39, 0.29) is 41.1 Å². The molecule has 45 heavy (non-hydrogen) atoms. The molecule has 0 spiro atoms. The van der Waals surface area contributed by atoms with Crippen LogP contribution in [0.3, 0.4) is 0 Å². The van der Waals surface area contributed by atoms with Gasteiger partial charge in [-0.3, -0.25) is 9.69 Å². The molecular weight excluding hydrogens is 621 g/mol. The van der Waals surface area contributed by atoms with Gasteiger partial charge in [-0.15, -0.1) is 23.7 Å². The first kappa shape index (κ1) is 30.2. The van der Waals surface area contributed by atoms with Gasteiger partial charge < -0.3 is 20.6 Å². The number of amides is 1. The Kier molecular flexibility index (Phi) is 7.99. The average Bonchev–Trinajstić information content (AvgIpc) is 3.62. The number of phenolic OH excluding ortho intramolecular Hbond substituents is 1. The molecule has 11 nitrogen and oxygen atoms in total. The number of nitrogens with zero attached hydrogens (tertiary/aromatic N) is 5. The molecule has 5 heterocycles. The van der Waals surface area contributed by atoms with Crippen molar-refractivity contribution in [3.8, 4) is 27.4 Å². The highest BCUT2D eigenvalue weighted by atomic mass is 35.5. The van der Waals surface area contributed by atoms with E-state index < -0.39 is 17.5 Å². The molecule has 0 aliphatic carbocycles. The Morgan fingerprint density at radius 2 is 1.93 bits per heavy atom. The minimum absolute atomic E-state index is 0. The molecule has 1 aliphatic rings. The number of piperazine rings is 1. The number of hydrogen-bond acceptors (Lipinski definition) is 10. The van der Waals surface area contributed by atoms with Crippen molar-refractivity contribution in [2.75, 3.05) is 25.4 Å². The average molecular weight is 648 g/mol. The van der Waals surface area contributed by atoms with E-state index in [1.807, 2.05) is 31.2 Å². The second kappa shape index (κ2) is 11.9. The van der Waals surface area contributed by atoms with Crippen molar-refractivity contribution >= 4 is 57.3 Å². The predicted molar refractivity (Wildman–Crippen MR) is 172 cm³/mol. The Bertz CT molecular complexity index is 2130. The van der Waals surface area contributed by atoms with Crippen LogP contribution in [0, 0.1) is 5.82 Å². The fourth-order valence-electron chi connectivity index (χ4n) is 5.70. The van der Waals surface area contributed by atoms with Crippen molar-refractivity contribution in [3.05, 3.63) is 87.8 Å². The van der Waals surface area contributed by atoms with Crippen molar-refractivity contribution in [2.45, 2.75) is 19.5 Å². The molecule has 1 unspecified atom stereocenters. The summed E-state index contributed by atoms with van der Waals surface area (Å²) in [7, 11) is 0. The number of aromatic hydroxyl groups is 1. The van der Waals surface area contributed by atoms with Crippen LogP contribution < -0.4 is 16.7 Å². The normalized spacial score (nSPS) is 14.4. The van der Waals surface area contributed by atoms with Gasteiger partial charge in [0.2, 0.25) is 5.91 Å². The van der Waals surface area contributed by atoms with Crippen LogP contribution in [0.15, 0.2) is 70.1 Å². The van der Waals surface area contributed by atoms with Crippen molar-refractivity contribution < 1.29 is 18.7 Å². The molecule has 4 aromatic heterocycles. The molecule has 1 fully saturated rings. The summed E-state index contributed by atoms with van der Waals surface area (Å²) in [6.07, 6.45) is 1.30. The Labute approximate surface area is 265 Å². The molecule has 7 rings (SSSR count). The lowest BCUT2D eigenvalue weighted by Gasteiger charge is -2.25. The zero-order valence-electron chi connectivity index (χ0n) is 23.9. The van der Waals surface area contributed by atoms with Crippen LogP contribution in [0.1, 0.15) is 23.6 Å². The molecule has 0 bridgehead atoms.